The molecule has 1 unspecified atom stereocenters. The van der Waals surface area contributed by atoms with Crippen LogP contribution in [0.2, 0.25) is 0 Å². The summed E-state index contributed by atoms with van der Waals surface area (Å²) in [4.78, 5) is 0. The van der Waals surface area contributed by atoms with Gasteiger partial charge in [0.05, 0.1) is 0 Å². The standard InChI is InChI=1S/C14H12Br2FN/c15-11-3-1-2-9(4-11)5-14(18)10-6-12(16)8-13(17)7-10/h1-4,6-8,14H,5,18H2. The van der Waals surface area contributed by atoms with Crippen molar-refractivity contribution in [1.29, 1.82) is 0 Å². The molecular weight excluding hydrogens is 361 g/mol. The zero-order valence-corrected chi connectivity index (χ0v) is 12.7. The van der Waals surface area contributed by atoms with E-state index in [4.69, 9.17) is 5.73 Å². The fraction of sp³-hybridized carbons (Fsp3) is 0.143. The molecule has 0 spiro atoms. The first-order valence-corrected chi connectivity index (χ1v) is 7.09. The summed E-state index contributed by atoms with van der Waals surface area (Å²) >= 11 is 6.70. The van der Waals surface area contributed by atoms with Gasteiger partial charge in [-0.1, -0.05) is 44.0 Å². The quantitative estimate of drug-likeness (QED) is 0.837. The Balaban J connectivity index is 2.19. The Labute approximate surface area is 122 Å². The molecule has 1 nitrogen and oxygen atoms in total. The first-order valence-electron chi connectivity index (χ1n) is 5.50. The second-order valence-corrected chi connectivity index (χ2v) is 5.97. The zero-order valence-electron chi connectivity index (χ0n) is 9.54. The lowest BCUT2D eigenvalue weighted by Crippen LogP contribution is -2.13. The third-order valence-corrected chi connectivity index (χ3v) is 3.61. The molecule has 0 aliphatic heterocycles. The van der Waals surface area contributed by atoms with E-state index in [0.717, 1.165) is 15.6 Å². The molecule has 0 bridgehead atoms. The molecule has 0 aliphatic carbocycles. The second kappa shape index (κ2) is 5.95. The molecule has 0 fully saturated rings. The average molecular weight is 373 g/mol. The highest BCUT2D eigenvalue weighted by atomic mass is 79.9. The maximum atomic E-state index is 13.3. The van der Waals surface area contributed by atoms with Crippen LogP contribution in [0.5, 0.6) is 0 Å². The SMILES string of the molecule is NC(Cc1cccc(Br)c1)c1cc(F)cc(Br)c1. The molecule has 0 aromatic heterocycles. The van der Waals surface area contributed by atoms with Crippen molar-refractivity contribution in [3.63, 3.8) is 0 Å². The van der Waals surface area contributed by atoms with Crippen molar-refractivity contribution < 1.29 is 4.39 Å². The van der Waals surface area contributed by atoms with Crippen LogP contribution in [0.4, 0.5) is 4.39 Å². The van der Waals surface area contributed by atoms with Crippen LogP contribution < -0.4 is 5.73 Å². The van der Waals surface area contributed by atoms with Crippen LogP contribution in [0.1, 0.15) is 17.2 Å². The van der Waals surface area contributed by atoms with Gasteiger partial charge < -0.3 is 5.73 Å². The number of nitrogens with two attached hydrogens (primary N) is 1. The van der Waals surface area contributed by atoms with Gasteiger partial charge in [0, 0.05) is 15.0 Å². The molecule has 0 saturated carbocycles. The van der Waals surface area contributed by atoms with Gasteiger partial charge >= 0.3 is 0 Å². The lowest BCUT2D eigenvalue weighted by molar-refractivity contribution is 0.617. The molecule has 2 rings (SSSR count). The van der Waals surface area contributed by atoms with Gasteiger partial charge in [-0.3, -0.25) is 0 Å². The predicted molar refractivity (Wildman–Crippen MR) is 78.9 cm³/mol. The van der Waals surface area contributed by atoms with Crippen molar-refractivity contribution in [3.8, 4) is 0 Å². The minimum Gasteiger partial charge on any atom is -0.324 e. The molecule has 2 N–H and O–H groups in total. The second-order valence-electron chi connectivity index (χ2n) is 4.14. The van der Waals surface area contributed by atoms with Crippen molar-refractivity contribution in [2.24, 2.45) is 5.73 Å². The van der Waals surface area contributed by atoms with E-state index in [2.05, 4.69) is 31.9 Å². The first-order chi connectivity index (χ1) is 8.54. The maximum absolute atomic E-state index is 13.3. The van der Waals surface area contributed by atoms with Crippen molar-refractivity contribution in [2.45, 2.75) is 12.5 Å². The Morgan fingerprint density at radius 1 is 1.06 bits per heavy atom. The predicted octanol–water partition coefficient (Wildman–Crippen LogP) is 4.59. The molecule has 1 atom stereocenters. The summed E-state index contributed by atoms with van der Waals surface area (Å²) in [5.74, 6) is -0.274. The Hall–Kier alpha value is -0.710. The molecular formula is C14H12Br2FN. The number of hydrogen-bond acceptors (Lipinski definition) is 1. The van der Waals surface area contributed by atoms with E-state index in [0.29, 0.717) is 10.9 Å². The van der Waals surface area contributed by atoms with Crippen LogP contribution >= 0.6 is 31.9 Å². The highest BCUT2D eigenvalue weighted by molar-refractivity contribution is 9.10. The van der Waals surface area contributed by atoms with Gasteiger partial charge in [-0.25, -0.2) is 4.39 Å². The molecule has 4 heteroatoms. The zero-order chi connectivity index (χ0) is 13.1. The fourth-order valence-corrected chi connectivity index (χ4v) is 2.75. The van der Waals surface area contributed by atoms with Gasteiger partial charge in [0.2, 0.25) is 0 Å². The number of hydrogen-bond donors (Lipinski definition) is 1. The molecule has 0 radical (unpaired) electrons. The largest absolute Gasteiger partial charge is 0.324 e. The van der Waals surface area contributed by atoms with Crippen LogP contribution in [0.15, 0.2) is 51.4 Å². The van der Waals surface area contributed by atoms with Crippen LogP contribution in [0, 0.1) is 5.82 Å². The van der Waals surface area contributed by atoms with Crippen molar-refractivity contribution in [1.82, 2.24) is 0 Å². The Morgan fingerprint density at radius 3 is 2.50 bits per heavy atom. The minimum absolute atomic E-state index is 0.216. The average Bonchev–Trinajstić information content (AvgIpc) is 2.27. The first kappa shape index (κ1) is 13.7. The van der Waals surface area contributed by atoms with E-state index in [1.165, 1.54) is 12.1 Å². The lowest BCUT2D eigenvalue weighted by atomic mass is 10.00. The fourth-order valence-electron chi connectivity index (χ4n) is 1.82. The topological polar surface area (TPSA) is 26.0 Å². The summed E-state index contributed by atoms with van der Waals surface area (Å²) in [6.45, 7) is 0. The van der Waals surface area contributed by atoms with Crippen LogP contribution in [0.3, 0.4) is 0 Å². The van der Waals surface area contributed by atoms with Crippen molar-refractivity contribution >= 4 is 31.9 Å². The smallest absolute Gasteiger partial charge is 0.124 e. The molecule has 0 saturated heterocycles. The molecule has 2 aromatic carbocycles. The summed E-state index contributed by atoms with van der Waals surface area (Å²) in [6, 6.07) is 12.5. The van der Waals surface area contributed by atoms with E-state index in [9.17, 15) is 4.39 Å². The molecule has 94 valence electrons. The third kappa shape index (κ3) is 3.64. The van der Waals surface area contributed by atoms with Gasteiger partial charge in [0.25, 0.3) is 0 Å². The van der Waals surface area contributed by atoms with E-state index >= 15 is 0 Å². The summed E-state index contributed by atoms with van der Waals surface area (Å²) in [5, 5.41) is 0. The molecule has 0 amide bonds. The Kier molecular flexibility index (Phi) is 4.54. The van der Waals surface area contributed by atoms with Crippen LogP contribution in [-0.2, 0) is 6.42 Å². The third-order valence-electron chi connectivity index (χ3n) is 2.66. The minimum atomic E-state index is -0.274. The normalized spacial score (nSPS) is 12.4. The van der Waals surface area contributed by atoms with E-state index < -0.39 is 0 Å². The highest BCUT2D eigenvalue weighted by Crippen LogP contribution is 2.22. The number of rotatable bonds is 3. The van der Waals surface area contributed by atoms with Gasteiger partial charge in [0.15, 0.2) is 0 Å². The van der Waals surface area contributed by atoms with Gasteiger partial charge in [-0.05, 0) is 47.9 Å². The van der Waals surface area contributed by atoms with Gasteiger partial charge in [0.1, 0.15) is 5.82 Å². The van der Waals surface area contributed by atoms with E-state index in [1.807, 2.05) is 30.3 Å². The number of benzene rings is 2. The van der Waals surface area contributed by atoms with Crippen molar-refractivity contribution in [3.05, 3.63) is 68.4 Å². The van der Waals surface area contributed by atoms with Crippen molar-refractivity contribution in [2.75, 3.05) is 0 Å². The Morgan fingerprint density at radius 2 is 1.83 bits per heavy atom. The number of halogens is 3. The summed E-state index contributed by atoms with van der Waals surface area (Å²) in [7, 11) is 0. The van der Waals surface area contributed by atoms with E-state index in [-0.39, 0.29) is 11.9 Å². The molecule has 18 heavy (non-hydrogen) atoms. The lowest BCUT2D eigenvalue weighted by Gasteiger charge is -2.13. The molecule has 0 heterocycles. The monoisotopic (exact) mass is 371 g/mol. The van der Waals surface area contributed by atoms with Gasteiger partial charge in [-0.2, -0.15) is 0 Å². The molecule has 2 aromatic rings. The van der Waals surface area contributed by atoms with Gasteiger partial charge in [-0.15, -0.1) is 0 Å². The summed E-state index contributed by atoms with van der Waals surface area (Å²) in [6.07, 6.45) is 0.676. The maximum Gasteiger partial charge on any atom is 0.124 e. The van der Waals surface area contributed by atoms with Crippen LogP contribution in [-0.4, -0.2) is 0 Å². The highest BCUT2D eigenvalue weighted by Gasteiger charge is 2.09. The van der Waals surface area contributed by atoms with E-state index in [1.54, 1.807) is 0 Å². The molecule has 0 aliphatic rings. The summed E-state index contributed by atoms with van der Waals surface area (Å²) in [5.41, 5.74) is 8.03. The Bertz CT molecular complexity index is 537. The van der Waals surface area contributed by atoms with Crippen LogP contribution in [0.25, 0.3) is 0 Å². The summed E-state index contributed by atoms with van der Waals surface area (Å²) < 4.78 is 15.0.